The summed E-state index contributed by atoms with van der Waals surface area (Å²) in [6.45, 7) is 12.1. The number of benzene rings is 1. The van der Waals surface area contributed by atoms with Crippen molar-refractivity contribution >= 4 is 27.4 Å². The van der Waals surface area contributed by atoms with Gasteiger partial charge in [0, 0.05) is 21.9 Å². The molecule has 1 aromatic carbocycles. The lowest BCUT2D eigenvalue weighted by Crippen LogP contribution is -2.29. The highest BCUT2D eigenvalue weighted by molar-refractivity contribution is 7.17. The molecule has 0 aliphatic carbocycles. The van der Waals surface area contributed by atoms with Crippen molar-refractivity contribution in [2.45, 2.75) is 72.2 Å². The summed E-state index contributed by atoms with van der Waals surface area (Å²) in [6, 6.07) is 5.80. The van der Waals surface area contributed by atoms with Gasteiger partial charge in [-0.15, -0.1) is 11.3 Å². The van der Waals surface area contributed by atoms with E-state index in [1.165, 1.54) is 0 Å². The minimum absolute atomic E-state index is 0.156. The summed E-state index contributed by atoms with van der Waals surface area (Å²) >= 11 is 1.57. The quantitative estimate of drug-likeness (QED) is 0.507. The van der Waals surface area contributed by atoms with Gasteiger partial charge < -0.3 is 19.0 Å². The Labute approximate surface area is 180 Å². The molecule has 162 valence electrons. The van der Waals surface area contributed by atoms with Crippen LogP contribution in [0.15, 0.2) is 28.0 Å². The second-order valence-corrected chi connectivity index (χ2v) is 9.58. The number of hydrogen-bond acceptors (Lipinski definition) is 6. The average molecular weight is 432 g/mol. The Morgan fingerprint density at radius 3 is 2.60 bits per heavy atom. The molecule has 6 nitrogen and oxygen atoms in total. The van der Waals surface area contributed by atoms with Gasteiger partial charge >= 0.3 is 5.97 Å². The molecule has 0 spiro atoms. The van der Waals surface area contributed by atoms with E-state index in [-0.39, 0.29) is 11.5 Å². The number of hydrogen-bond donors (Lipinski definition) is 1. The first kappa shape index (κ1) is 22.3. The fourth-order valence-corrected chi connectivity index (χ4v) is 4.07. The fraction of sp³-hybridized carbons (Fsp3) is 0.478. The second kappa shape index (κ2) is 8.78. The van der Waals surface area contributed by atoms with Crippen LogP contribution in [0.2, 0.25) is 0 Å². The first-order valence-electron chi connectivity index (χ1n) is 10.0. The first-order chi connectivity index (χ1) is 14.1. The molecule has 1 atom stereocenters. The van der Waals surface area contributed by atoms with Gasteiger partial charge in [-0.05, 0) is 43.8 Å². The van der Waals surface area contributed by atoms with Crippen molar-refractivity contribution in [1.82, 2.24) is 4.98 Å². The van der Waals surface area contributed by atoms with Gasteiger partial charge in [-0.25, -0.2) is 9.78 Å². The maximum absolute atomic E-state index is 11.6. The van der Waals surface area contributed by atoms with Gasteiger partial charge in [0.15, 0.2) is 12.0 Å². The number of carboxylic acid groups (broad SMARTS) is 1. The zero-order chi connectivity index (χ0) is 22.1. The average Bonchev–Trinajstić information content (AvgIpc) is 3.27. The van der Waals surface area contributed by atoms with Crippen molar-refractivity contribution in [3.05, 3.63) is 46.5 Å². The van der Waals surface area contributed by atoms with Crippen LogP contribution in [-0.4, -0.2) is 28.3 Å². The summed E-state index contributed by atoms with van der Waals surface area (Å²) in [5.41, 5.74) is 1.56. The topological polar surface area (TPSA) is 81.8 Å². The van der Waals surface area contributed by atoms with Crippen molar-refractivity contribution in [3.8, 4) is 5.75 Å². The molecule has 7 heteroatoms. The number of fused-ring (bicyclic) bond motifs is 1. The summed E-state index contributed by atoms with van der Waals surface area (Å²) in [7, 11) is 0. The number of carboxylic acids is 1. The van der Waals surface area contributed by atoms with E-state index in [1.54, 1.807) is 11.3 Å². The molecule has 30 heavy (non-hydrogen) atoms. The molecule has 0 bridgehead atoms. The van der Waals surface area contributed by atoms with E-state index in [9.17, 15) is 9.90 Å². The molecular weight excluding hydrogens is 402 g/mol. The van der Waals surface area contributed by atoms with E-state index >= 15 is 0 Å². The number of rotatable bonds is 8. The molecule has 1 N–H and O–H groups in total. The van der Waals surface area contributed by atoms with Gasteiger partial charge in [-0.2, -0.15) is 0 Å². The van der Waals surface area contributed by atoms with E-state index < -0.39 is 12.1 Å². The molecule has 0 saturated heterocycles. The van der Waals surface area contributed by atoms with Crippen LogP contribution in [0.4, 0.5) is 0 Å². The van der Waals surface area contributed by atoms with Gasteiger partial charge in [0.05, 0.1) is 6.10 Å². The summed E-state index contributed by atoms with van der Waals surface area (Å²) in [4.78, 5) is 16.2. The third kappa shape index (κ3) is 5.02. The van der Waals surface area contributed by atoms with Crippen LogP contribution in [0, 0.1) is 6.92 Å². The summed E-state index contributed by atoms with van der Waals surface area (Å²) < 4.78 is 18.5. The maximum Gasteiger partial charge on any atom is 0.333 e. The number of ether oxygens (including phenoxy) is 2. The van der Waals surface area contributed by atoms with E-state index in [0.29, 0.717) is 18.9 Å². The third-order valence-corrected chi connectivity index (χ3v) is 5.66. The molecule has 1 unspecified atom stereocenters. The first-order valence-corrected chi connectivity index (χ1v) is 10.9. The fourth-order valence-electron chi connectivity index (χ4n) is 3.13. The molecule has 3 aromatic rings. The number of oxazole rings is 1. The largest absolute Gasteiger partial charge is 0.486 e. The Morgan fingerprint density at radius 1 is 1.27 bits per heavy atom. The van der Waals surface area contributed by atoms with E-state index in [1.807, 2.05) is 44.4 Å². The van der Waals surface area contributed by atoms with Crippen LogP contribution in [0.25, 0.3) is 10.1 Å². The van der Waals surface area contributed by atoms with Crippen LogP contribution >= 0.6 is 11.3 Å². The van der Waals surface area contributed by atoms with Crippen LogP contribution in [-0.2, 0) is 28.0 Å². The summed E-state index contributed by atoms with van der Waals surface area (Å²) in [5, 5.41) is 12.4. The van der Waals surface area contributed by atoms with Crippen molar-refractivity contribution in [2.75, 3.05) is 0 Å². The van der Waals surface area contributed by atoms with E-state index in [0.717, 1.165) is 32.9 Å². The van der Waals surface area contributed by atoms with Crippen LogP contribution < -0.4 is 4.74 Å². The maximum atomic E-state index is 11.6. The molecule has 2 heterocycles. The normalized spacial score (nSPS) is 13.2. The predicted octanol–water partition coefficient (Wildman–Crippen LogP) is 5.49. The van der Waals surface area contributed by atoms with Crippen molar-refractivity contribution in [3.63, 3.8) is 0 Å². The molecule has 0 saturated carbocycles. The molecule has 0 aliphatic rings. The van der Waals surface area contributed by atoms with Gasteiger partial charge in [0.1, 0.15) is 23.8 Å². The van der Waals surface area contributed by atoms with Crippen LogP contribution in [0.1, 0.15) is 57.5 Å². The summed E-state index contributed by atoms with van der Waals surface area (Å²) in [6.07, 6.45) is -0.728. The Bertz CT molecular complexity index is 1030. The van der Waals surface area contributed by atoms with Crippen LogP contribution in [0.5, 0.6) is 5.75 Å². The Balaban J connectivity index is 1.81. The molecule has 0 aliphatic heterocycles. The SMILES string of the molecule is Cc1oc(C(C)(C)C)nc1COc1ccc(CC(OC(C)C)C(=O)O)c2sccc12. The molecule has 0 amide bonds. The lowest BCUT2D eigenvalue weighted by Gasteiger charge is -2.17. The van der Waals surface area contributed by atoms with Gasteiger partial charge in [0.2, 0.25) is 0 Å². The standard InChI is InChI=1S/C23H29NO5S/c1-13(2)28-19(21(25)26)11-15-7-8-18(16-9-10-30-20(15)16)27-12-17-14(3)29-22(24-17)23(4,5)6/h7-10,13,19H,11-12H2,1-6H3,(H,25,26). The predicted molar refractivity (Wildman–Crippen MR) is 117 cm³/mol. The van der Waals surface area contributed by atoms with E-state index in [2.05, 4.69) is 25.8 Å². The molecule has 3 rings (SSSR count). The van der Waals surface area contributed by atoms with Gasteiger partial charge in [-0.3, -0.25) is 0 Å². The number of thiophene rings is 1. The molecular formula is C23H29NO5S. The molecule has 2 aromatic heterocycles. The molecule has 0 fully saturated rings. The highest BCUT2D eigenvalue weighted by Crippen LogP contribution is 2.34. The zero-order valence-corrected chi connectivity index (χ0v) is 19.1. The van der Waals surface area contributed by atoms with Gasteiger partial charge in [-0.1, -0.05) is 26.8 Å². The monoisotopic (exact) mass is 431 g/mol. The van der Waals surface area contributed by atoms with Crippen molar-refractivity contribution in [2.24, 2.45) is 0 Å². The Morgan fingerprint density at radius 2 is 2.00 bits per heavy atom. The van der Waals surface area contributed by atoms with Crippen molar-refractivity contribution < 1.29 is 23.8 Å². The highest BCUT2D eigenvalue weighted by atomic mass is 32.1. The Kier molecular flexibility index (Phi) is 6.53. The lowest BCUT2D eigenvalue weighted by atomic mass is 9.97. The smallest absolute Gasteiger partial charge is 0.333 e. The molecule has 0 radical (unpaired) electrons. The van der Waals surface area contributed by atoms with Gasteiger partial charge in [0.25, 0.3) is 0 Å². The van der Waals surface area contributed by atoms with Crippen LogP contribution in [0.3, 0.4) is 0 Å². The minimum atomic E-state index is -0.954. The highest BCUT2D eigenvalue weighted by Gasteiger charge is 2.24. The van der Waals surface area contributed by atoms with E-state index in [4.69, 9.17) is 13.9 Å². The minimum Gasteiger partial charge on any atom is -0.486 e. The Hall–Kier alpha value is -2.38. The number of aromatic nitrogens is 1. The number of aryl methyl sites for hydroxylation is 1. The third-order valence-electron chi connectivity index (χ3n) is 4.67. The number of nitrogens with zero attached hydrogens (tertiary/aromatic N) is 1. The lowest BCUT2D eigenvalue weighted by molar-refractivity contribution is -0.153. The number of carbonyl (C=O) groups is 1. The number of aliphatic carboxylic acids is 1. The zero-order valence-electron chi connectivity index (χ0n) is 18.3. The summed E-state index contributed by atoms with van der Waals surface area (Å²) in [5.74, 6) is 1.24. The van der Waals surface area contributed by atoms with Crippen molar-refractivity contribution in [1.29, 1.82) is 0 Å². The second-order valence-electron chi connectivity index (χ2n) is 8.66.